The van der Waals surface area contributed by atoms with Gasteiger partial charge in [0.25, 0.3) is 5.91 Å². The third kappa shape index (κ3) is 5.04. The number of benzene rings is 2. The van der Waals surface area contributed by atoms with Crippen LogP contribution < -0.4 is 5.32 Å². The summed E-state index contributed by atoms with van der Waals surface area (Å²) in [4.78, 5) is 38.2. The number of carbonyl (C=O) groups is 2. The Labute approximate surface area is 210 Å². The zero-order valence-electron chi connectivity index (χ0n) is 19.7. The number of halogens is 1. The fraction of sp³-hybridized carbons (Fsp3) is 0.346. The van der Waals surface area contributed by atoms with E-state index in [1.54, 1.807) is 7.05 Å². The van der Waals surface area contributed by atoms with Gasteiger partial charge in [-0.2, -0.15) is 0 Å². The number of nitrogens with one attached hydrogen (secondary N) is 1. The van der Waals surface area contributed by atoms with Crippen molar-refractivity contribution < 1.29 is 9.59 Å². The van der Waals surface area contributed by atoms with Crippen molar-refractivity contribution in [3.05, 3.63) is 76.8 Å². The second-order valence-electron chi connectivity index (χ2n) is 9.05. The molecular formula is C26H29ClN6O2. The molecular weight excluding hydrogens is 464 g/mol. The minimum absolute atomic E-state index is 0.316. The lowest BCUT2D eigenvalue weighted by Crippen LogP contribution is -2.64. The first-order valence-electron chi connectivity index (χ1n) is 11.8. The lowest BCUT2D eigenvalue weighted by atomic mass is 10.1. The van der Waals surface area contributed by atoms with Crippen molar-refractivity contribution in [3.8, 4) is 0 Å². The van der Waals surface area contributed by atoms with Gasteiger partial charge in [-0.25, -0.2) is 9.79 Å². The SMILES string of the molecule is CN1C(=O)NC(=O)C2C1N=C(N1CCN(C/C=C/c3ccccc3)CC1)N2Cc1cccc(Cl)c1. The number of fused-ring (bicyclic) bond motifs is 1. The molecule has 3 amide bonds. The monoisotopic (exact) mass is 492 g/mol. The van der Waals surface area contributed by atoms with Crippen molar-refractivity contribution in [1.29, 1.82) is 0 Å². The van der Waals surface area contributed by atoms with E-state index < -0.39 is 18.2 Å². The van der Waals surface area contributed by atoms with Crippen LogP contribution in [0.5, 0.6) is 0 Å². The smallest absolute Gasteiger partial charge is 0.325 e. The van der Waals surface area contributed by atoms with Gasteiger partial charge in [0.05, 0.1) is 0 Å². The number of piperazine rings is 1. The maximum Gasteiger partial charge on any atom is 0.325 e. The van der Waals surface area contributed by atoms with E-state index in [0.717, 1.165) is 44.2 Å². The minimum atomic E-state index is -0.571. The highest BCUT2D eigenvalue weighted by Gasteiger charge is 2.49. The van der Waals surface area contributed by atoms with E-state index in [-0.39, 0.29) is 5.91 Å². The molecule has 3 aliphatic heterocycles. The first-order valence-corrected chi connectivity index (χ1v) is 12.2. The summed E-state index contributed by atoms with van der Waals surface area (Å²) in [6, 6.07) is 16.9. The molecule has 0 aliphatic carbocycles. The third-order valence-electron chi connectivity index (χ3n) is 6.71. The molecule has 0 bridgehead atoms. The number of imide groups is 1. The fourth-order valence-corrected chi connectivity index (χ4v) is 5.02. The molecule has 182 valence electrons. The second kappa shape index (κ2) is 10.1. The Balaban J connectivity index is 1.29. The van der Waals surface area contributed by atoms with E-state index >= 15 is 0 Å². The molecule has 0 spiro atoms. The highest BCUT2D eigenvalue weighted by Crippen LogP contribution is 2.28. The number of aliphatic imine (C=N–C) groups is 1. The van der Waals surface area contributed by atoms with Crippen LogP contribution >= 0.6 is 11.6 Å². The molecule has 8 nitrogen and oxygen atoms in total. The van der Waals surface area contributed by atoms with E-state index in [9.17, 15) is 9.59 Å². The molecule has 0 aromatic heterocycles. The average Bonchev–Trinajstić information content (AvgIpc) is 3.23. The number of carbonyl (C=O) groups excluding carboxylic acids is 2. The summed E-state index contributed by atoms with van der Waals surface area (Å²) in [5, 5.41) is 3.11. The first kappa shape index (κ1) is 23.4. The van der Waals surface area contributed by atoms with Crippen LogP contribution in [-0.4, -0.2) is 89.5 Å². The van der Waals surface area contributed by atoms with Gasteiger partial charge in [0.2, 0.25) is 0 Å². The molecule has 3 aliphatic rings. The molecule has 2 aromatic rings. The predicted octanol–water partition coefficient (Wildman–Crippen LogP) is 2.72. The standard InChI is InChI=1S/C26H29ClN6O2/c1-30-23-22(24(34)29-26(30)35)33(18-20-9-5-11-21(27)17-20)25(28-23)32-15-13-31(14-16-32)12-6-10-19-7-3-2-4-8-19/h2-11,17,22-23H,12-16,18H2,1H3,(H,29,34,35)/b10-6+. The Morgan fingerprint density at radius 2 is 1.83 bits per heavy atom. The van der Waals surface area contributed by atoms with Crippen LogP contribution in [0.4, 0.5) is 4.79 Å². The molecule has 9 heteroatoms. The van der Waals surface area contributed by atoms with E-state index in [0.29, 0.717) is 11.6 Å². The number of amides is 3. The van der Waals surface area contributed by atoms with Crippen LogP contribution in [0.1, 0.15) is 11.1 Å². The number of guanidine groups is 1. The summed E-state index contributed by atoms with van der Waals surface area (Å²) in [5.74, 6) is 0.444. The van der Waals surface area contributed by atoms with Gasteiger partial charge in [0.15, 0.2) is 18.2 Å². The molecule has 5 rings (SSSR count). The van der Waals surface area contributed by atoms with Crippen LogP contribution in [0.25, 0.3) is 6.08 Å². The van der Waals surface area contributed by atoms with Gasteiger partial charge in [-0.05, 0) is 23.3 Å². The normalized spacial score (nSPS) is 23.0. The van der Waals surface area contributed by atoms with Crippen LogP contribution in [0.3, 0.4) is 0 Å². The van der Waals surface area contributed by atoms with Gasteiger partial charge >= 0.3 is 6.03 Å². The van der Waals surface area contributed by atoms with E-state index in [1.165, 1.54) is 10.5 Å². The Bertz CT molecular complexity index is 1150. The number of hydrogen-bond acceptors (Lipinski definition) is 6. The minimum Gasteiger partial charge on any atom is -0.340 e. The van der Waals surface area contributed by atoms with Crippen molar-refractivity contribution in [1.82, 2.24) is 24.9 Å². The van der Waals surface area contributed by atoms with Crippen LogP contribution in [0.15, 0.2) is 65.7 Å². The highest BCUT2D eigenvalue weighted by molar-refractivity contribution is 6.30. The van der Waals surface area contributed by atoms with Crippen LogP contribution in [0, 0.1) is 0 Å². The number of hydrogen-bond donors (Lipinski definition) is 1. The van der Waals surface area contributed by atoms with Gasteiger partial charge in [-0.3, -0.25) is 15.0 Å². The second-order valence-corrected chi connectivity index (χ2v) is 9.49. The average molecular weight is 493 g/mol. The summed E-state index contributed by atoms with van der Waals surface area (Å²) in [6.07, 6.45) is 3.80. The number of urea groups is 1. The van der Waals surface area contributed by atoms with Gasteiger partial charge in [-0.15, -0.1) is 0 Å². The van der Waals surface area contributed by atoms with Crippen LogP contribution in [-0.2, 0) is 11.3 Å². The highest BCUT2D eigenvalue weighted by atomic mass is 35.5. The van der Waals surface area contributed by atoms with Crippen molar-refractivity contribution >= 4 is 35.6 Å². The summed E-state index contributed by atoms with van der Waals surface area (Å²) in [6.45, 7) is 4.73. The summed E-state index contributed by atoms with van der Waals surface area (Å²) in [5.41, 5.74) is 2.19. The number of nitrogens with zero attached hydrogens (tertiary/aromatic N) is 5. The van der Waals surface area contributed by atoms with Gasteiger partial charge in [0.1, 0.15) is 0 Å². The summed E-state index contributed by atoms with van der Waals surface area (Å²) < 4.78 is 0. The number of rotatable bonds is 5. The molecule has 2 saturated heterocycles. The van der Waals surface area contributed by atoms with E-state index in [1.807, 2.05) is 47.4 Å². The lowest BCUT2D eigenvalue weighted by molar-refractivity contribution is -0.127. The maximum absolute atomic E-state index is 12.9. The van der Waals surface area contributed by atoms with Gasteiger partial charge < -0.3 is 14.7 Å². The Hall–Kier alpha value is -3.36. The Morgan fingerprint density at radius 3 is 2.57 bits per heavy atom. The molecule has 35 heavy (non-hydrogen) atoms. The topological polar surface area (TPSA) is 71.5 Å². The Kier molecular flexibility index (Phi) is 6.74. The molecule has 2 aromatic carbocycles. The largest absolute Gasteiger partial charge is 0.340 e. The Morgan fingerprint density at radius 1 is 1.06 bits per heavy atom. The van der Waals surface area contributed by atoms with E-state index in [2.05, 4.69) is 39.4 Å². The fourth-order valence-electron chi connectivity index (χ4n) is 4.81. The maximum atomic E-state index is 12.9. The summed E-state index contributed by atoms with van der Waals surface area (Å²) >= 11 is 6.22. The zero-order valence-corrected chi connectivity index (χ0v) is 20.4. The zero-order chi connectivity index (χ0) is 24.4. The molecule has 0 radical (unpaired) electrons. The molecule has 3 heterocycles. The molecule has 2 unspecified atom stereocenters. The van der Waals surface area contributed by atoms with Crippen molar-refractivity contribution in [2.45, 2.75) is 18.8 Å². The van der Waals surface area contributed by atoms with Crippen molar-refractivity contribution in [2.75, 3.05) is 39.8 Å². The first-order chi connectivity index (χ1) is 17.0. The lowest BCUT2D eigenvalue weighted by Gasteiger charge is -2.40. The third-order valence-corrected chi connectivity index (χ3v) is 6.94. The van der Waals surface area contributed by atoms with Crippen molar-refractivity contribution in [2.24, 2.45) is 4.99 Å². The molecule has 2 fully saturated rings. The van der Waals surface area contributed by atoms with E-state index in [4.69, 9.17) is 16.6 Å². The summed E-state index contributed by atoms with van der Waals surface area (Å²) in [7, 11) is 1.68. The van der Waals surface area contributed by atoms with Crippen molar-refractivity contribution in [3.63, 3.8) is 0 Å². The predicted molar refractivity (Wildman–Crippen MR) is 137 cm³/mol. The quantitative estimate of drug-likeness (QED) is 0.695. The molecule has 0 saturated carbocycles. The van der Waals surface area contributed by atoms with Gasteiger partial charge in [0, 0.05) is 51.3 Å². The van der Waals surface area contributed by atoms with Crippen LogP contribution in [0.2, 0.25) is 5.02 Å². The van der Waals surface area contributed by atoms with Gasteiger partial charge in [-0.1, -0.05) is 66.2 Å². The molecule has 2 atom stereocenters. The molecule has 1 N–H and O–H groups in total. The number of likely N-dealkylation sites (N-methyl/N-ethyl adjacent to an activating group) is 1.